The first-order valence-electron chi connectivity index (χ1n) is 5.86. The summed E-state index contributed by atoms with van der Waals surface area (Å²) in [6.07, 6.45) is 5.57. The topological polar surface area (TPSA) is 46.0 Å². The molecular formula is C16H12N2O. The molecule has 1 N–H and O–H groups in total. The second kappa shape index (κ2) is 6.96. The van der Waals surface area contributed by atoms with Crippen LogP contribution in [0.5, 0.6) is 0 Å². The molecule has 92 valence electrons. The van der Waals surface area contributed by atoms with Gasteiger partial charge in [-0.15, -0.1) is 0 Å². The minimum atomic E-state index is 0.0785. The van der Waals surface area contributed by atoms with E-state index in [1.807, 2.05) is 24.3 Å². The fourth-order valence-corrected chi connectivity index (χ4v) is 1.34. The zero-order valence-corrected chi connectivity index (χ0v) is 10.3. The van der Waals surface area contributed by atoms with Crippen molar-refractivity contribution in [3.63, 3.8) is 0 Å². The Kier molecular flexibility index (Phi) is 4.70. The molecule has 3 nitrogen and oxygen atoms in total. The van der Waals surface area contributed by atoms with Gasteiger partial charge in [-0.05, 0) is 30.2 Å². The van der Waals surface area contributed by atoms with Gasteiger partial charge < -0.3 is 5.11 Å². The van der Waals surface area contributed by atoms with Gasteiger partial charge in [0.15, 0.2) is 0 Å². The summed E-state index contributed by atoms with van der Waals surface area (Å²) in [6.45, 7) is 0.0785. The van der Waals surface area contributed by atoms with E-state index in [0.717, 1.165) is 11.1 Å². The van der Waals surface area contributed by atoms with Crippen molar-refractivity contribution >= 4 is 0 Å². The zero-order chi connectivity index (χ0) is 13.3. The lowest BCUT2D eigenvalue weighted by molar-refractivity contribution is 0.305. The number of hydrogen-bond donors (Lipinski definition) is 1. The van der Waals surface area contributed by atoms with Gasteiger partial charge in [0.05, 0.1) is 6.61 Å². The highest BCUT2D eigenvalue weighted by molar-refractivity contribution is 5.40. The van der Waals surface area contributed by atoms with Gasteiger partial charge in [0.1, 0.15) is 5.69 Å². The lowest BCUT2D eigenvalue weighted by atomic mass is 10.2. The summed E-state index contributed by atoms with van der Waals surface area (Å²) in [5.41, 5.74) is 2.37. The first-order chi connectivity index (χ1) is 9.38. The van der Waals surface area contributed by atoms with E-state index in [4.69, 9.17) is 5.11 Å². The number of hydrogen-bond acceptors (Lipinski definition) is 3. The largest absolute Gasteiger partial charge is 0.395 e. The van der Waals surface area contributed by atoms with E-state index >= 15 is 0 Å². The van der Waals surface area contributed by atoms with Crippen LogP contribution in [0.2, 0.25) is 0 Å². The molecule has 19 heavy (non-hydrogen) atoms. The third-order valence-corrected chi connectivity index (χ3v) is 2.23. The molecule has 3 heteroatoms. The molecule has 0 aromatic carbocycles. The molecule has 0 aliphatic rings. The molecule has 2 aromatic heterocycles. The maximum absolute atomic E-state index is 8.63. The van der Waals surface area contributed by atoms with E-state index in [1.165, 1.54) is 0 Å². The maximum Gasteiger partial charge on any atom is 0.113 e. The van der Waals surface area contributed by atoms with Crippen molar-refractivity contribution in [1.29, 1.82) is 0 Å². The minimum Gasteiger partial charge on any atom is -0.395 e. The minimum absolute atomic E-state index is 0.0785. The Labute approximate surface area is 112 Å². The van der Waals surface area contributed by atoms with Crippen LogP contribution >= 0.6 is 0 Å². The van der Waals surface area contributed by atoms with Crippen molar-refractivity contribution in [2.45, 2.75) is 6.42 Å². The fourth-order valence-electron chi connectivity index (χ4n) is 1.34. The van der Waals surface area contributed by atoms with E-state index in [-0.39, 0.29) is 6.61 Å². The summed E-state index contributed by atoms with van der Waals surface area (Å²) in [5, 5.41) is 8.63. The summed E-state index contributed by atoms with van der Waals surface area (Å²) in [4.78, 5) is 8.20. The molecule has 0 fully saturated rings. The van der Waals surface area contributed by atoms with Crippen molar-refractivity contribution in [2.75, 3.05) is 6.61 Å². The van der Waals surface area contributed by atoms with E-state index in [2.05, 4.69) is 33.6 Å². The van der Waals surface area contributed by atoms with Crippen molar-refractivity contribution in [1.82, 2.24) is 9.97 Å². The predicted molar refractivity (Wildman–Crippen MR) is 73.0 cm³/mol. The number of pyridine rings is 2. The van der Waals surface area contributed by atoms with Gasteiger partial charge in [0.2, 0.25) is 0 Å². The fraction of sp³-hybridized carbons (Fsp3) is 0.125. The molecule has 0 amide bonds. The third kappa shape index (κ3) is 4.27. The molecule has 0 atom stereocenters. The Morgan fingerprint density at radius 3 is 2.58 bits per heavy atom. The number of rotatable bonds is 1. The number of aliphatic hydroxyl groups is 1. The molecule has 0 aliphatic heterocycles. The van der Waals surface area contributed by atoms with Crippen LogP contribution in [0.4, 0.5) is 0 Å². The van der Waals surface area contributed by atoms with Crippen LogP contribution in [0.25, 0.3) is 0 Å². The van der Waals surface area contributed by atoms with Crippen LogP contribution < -0.4 is 0 Å². The van der Waals surface area contributed by atoms with Gasteiger partial charge in [-0.25, -0.2) is 4.98 Å². The first-order valence-corrected chi connectivity index (χ1v) is 5.86. The van der Waals surface area contributed by atoms with Crippen LogP contribution in [0.3, 0.4) is 0 Å². The summed E-state index contributed by atoms with van der Waals surface area (Å²) in [5.74, 6) is 11.7. The number of aliphatic hydroxyl groups excluding tert-OH is 1. The van der Waals surface area contributed by atoms with Crippen molar-refractivity contribution < 1.29 is 5.11 Å². The molecule has 0 saturated heterocycles. The highest BCUT2D eigenvalue weighted by Crippen LogP contribution is 1.99. The van der Waals surface area contributed by atoms with Crippen molar-refractivity contribution in [2.24, 2.45) is 0 Å². The maximum atomic E-state index is 8.63. The lowest BCUT2D eigenvalue weighted by Crippen LogP contribution is -1.84. The van der Waals surface area contributed by atoms with E-state index in [1.54, 1.807) is 18.6 Å². The molecule has 0 aliphatic carbocycles. The van der Waals surface area contributed by atoms with Gasteiger partial charge >= 0.3 is 0 Å². The molecule has 2 heterocycles. The number of nitrogens with zero attached hydrogens (tertiary/aromatic N) is 2. The first kappa shape index (κ1) is 12.8. The SMILES string of the molecule is OCCC#Cc1ccc(C#Cc2cccnc2)nc1. The summed E-state index contributed by atoms with van der Waals surface area (Å²) in [7, 11) is 0. The van der Waals surface area contributed by atoms with Gasteiger partial charge in [0.25, 0.3) is 0 Å². The van der Waals surface area contributed by atoms with E-state index in [0.29, 0.717) is 12.1 Å². The van der Waals surface area contributed by atoms with Crippen molar-refractivity contribution in [3.8, 4) is 23.7 Å². The molecule has 2 rings (SSSR count). The molecule has 0 saturated carbocycles. The Balaban J connectivity index is 2.08. The lowest BCUT2D eigenvalue weighted by Gasteiger charge is -1.91. The Bertz CT molecular complexity index is 640. The van der Waals surface area contributed by atoms with Crippen molar-refractivity contribution in [3.05, 3.63) is 59.7 Å². The molecule has 0 unspecified atom stereocenters. The van der Waals surface area contributed by atoms with Crippen LogP contribution in [0, 0.1) is 23.7 Å². The van der Waals surface area contributed by atoms with E-state index in [9.17, 15) is 0 Å². The van der Waals surface area contributed by atoms with E-state index < -0.39 is 0 Å². The standard InChI is InChI=1S/C16H12N2O/c19-11-2-1-4-15-7-9-16(18-13-15)8-6-14-5-3-10-17-12-14/h3,5,7,9-10,12-13,19H,2,11H2. The monoisotopic (exact) mass is 248 g/mol. The summed E-state index contributed by atoms with van der Waals surface area (Å²) >= 11 is 0. The molecule has 0 spiro atoms. The van der Waals surface area contributed by atoms with Crippen LogP contribution in [0.1, 0.15) is 23.2 Å². The highest BCUT2D eigenvalue weighted by atomic mass is 16.2. The van der Waals surface area contributed by atoms with Gasteiger partial charge in [-0.3, -0.25) is 4.98 Å². The average Bonchev–Trinajstić information content (AvgIpc) is 2.48. The molecule has 2 aromatic rings. The summed E-state index contributed by atoms with van der Waals surface area (Å²) in [6, 6.07) is 7.43. The van der Waals surface area contributed by atoms with Crippen LogP contribution in [-0.2, 0) is 0 Å². The van der Waals surface area contributed by atoms with Gasteiger partial charge in [-0.1, -0.05) is 17.8 Å². The second-order valence-corrected chi connectivity index (χ2v) is 3.70. The van der Waals surface area contributed by atoms with Crippen LogP contribution in [-0.4, -0.2) is 21.7 Å². The molecule has 0 radical (unpaired) electrons. The zero-order valence-electron chi connectivity index (χ0n) is 10.3. The third-order valence-electron chi connectivity index (χ3n) is 2.23. The second-order valence-electron chi connectivity index (χ2n) is 3.70. The van der Waals surface area contributed by atoms with Gasteiger partial charge in [-0.2, -0.15) is 0 Å². The molecule has 0 bridgehead atoms. The molecular weight excluding hydrogens is 236 g/mol. The number of aromatic nitrogens is 2. The predicted octanol–water partition coefficient (Wildman–Crippen LogP) is 1.61. The normalized spacial score (nSPS) is 8.89. The van der Waals surface area contributed by atoms with Gasteiger partial charge in [0, 0.05) is 36.1 Å². The quantitative estimate of drug-likeness (QED) is 0.780. The Hall–Kier alpha value is -2.62. The highest BCUT2D eigenvalue weighted by Gasteiger charge is 1.90. The Morgan fingerprint density at radius 1 is 1.00 bits per heavy atom. The van der Waals surface area contributed by atoms with Crippen LogP contribution in [0.15, 0.2) is 42.9 Å². The Morgan fingerprint density at radius 2 is 1.89 bits per heavy atom. The summed E-state index contributed by atoms with van der Waals surface area (Å²) < 4.78 is 0. The smallest absolute Gasteiger partial charge is 0.113 e. The average molecular weight is 248 g/mol.